The van der Waals surface area contributed by atoms with Crippen LogP contribution in [0.5, 0.6) is 0 Å². The highest BCUT2D eigenvalue weighted by Gasteiger charge is 2.98. The number of amides is 2. The third-order valence-corrected chi connectivity index (χ3v) is 26.3. The number of benzene rings is 4. The molecule has 0 radical (unpaired) electrons. The van der Waals surface area contributed by atoms with Gasteiger partial charge in [0, 0.05) is 28.8 Å². The molecule has 10 nitrogen and oxygen atoms in total. The second kappa shape index (κ2) is 12.3. The Morgan fingerprint density at radius 2 is 1.04 bits per heavy atom. The summed E-state index contributed by atoms with van der Waals surface area (Å²) in [4.78, 5) is 59.8. The summed E-state index contributed by atoms with van der Waals surface area (Å²) in [7, 11) is 0. The van der Waals surface area contributed by atoms with E-state index in [1.165, 1.54) is 131 Å². The third kappa shape index (κ3) is 3.93. The van der Waals surface area contributed by atoms with Gasteiger partial charge in [-0.3, -0.25) is 9.59 Å². The van der Waals surface area contributed by atoms with Gasteiger partial charge in [-0.05, 0) is 250 Å². The van der Waals surface area contributed by atoms with Crippen LogP contribution in [-0.4, -0.2) is 61.6 Å². The molecule has 0 aliphatic heterocycles. The van der Waals surface area contributed by atoms with E-state index in [1.54, 1.807) is 11.1 Å². The zero-order chi connectivity index (χ0) is 51.1. The van der Waals surface area contributed by atoms with Crippen molar-refractivity contribution in [2.24, 2.45) is 58.7 Å². The molecule has 10 fully saturated rings. The minimum atomic E-state index is -1.88. The van der Waals surface area contributed by atoms with Gasteiger partial charge in [-0.25, -0.2) is 9.59 Å². The first kappa shape index (κ1) is 41.3. The summed E-state index contributed by atoms with van der Waals surface area (Å²) < 4.78 is 24.8. The molecule has 7 aromatic carbocycles. The highest BCUT2D eigenvalue weighted by atomic mass is 16.6. The number of nitrogens with one attached hydrogen (secondary N) is 2. The molecule has 0 heterocycles. The van der Waals surface area contributed by atoms with E-state index < -0.39 is 40.4 Å². The van der Waals surface area contributed by atoms with E-state index in [0.717, 1.165) is 55.0 Å². The summed E-state index contributed by atoms with van der Waals surface area (Å²) in [6.45, 7) is -0.720. The van der Waals surface area contributed by atoms with Gasteiger partial charge in [0.1, 0.15) is 26.4 Å². The van der Waals surface area contributed by atoms with Crippen LogP contribution in [0.4, 0.5) is 9.59 Å². The zero-order valence-corrected chi connectivity index (χ0v) is 43.8. The molecule has 7 aromatic rings. The molecule has 10 heteroatoms. The number of rotatable bonds is 10. The smallest absolute Gasteiger partial charge is 0.407 e. The summed E-state index contributed by atoms with van der Waals surface area (Å²) in [6.07, 6.45) is 31.7. The van der Waals surface area contributed by atoms with E-state index in [0.29, 0.717) is 65.1 Å². The highest BCUT2D eigenvalue weighted by molar-refractivity contribution is 6.49. The van der Waals surface area contributed by atoms with E-state index in [-0.39, 0.29) is 43.4 Å². The van der Waals surface area contributed by atoms with Gasteiger partial charge in [-0.2, -0.15) is 0 Å². The van der Waals surface area contributed by atoms with Crippen molar-refractivity contribution >= 4 is 113 Å². The maximum Gasteiger partial charge on any atom is 0.407 e. The maximum absolute atomic E-state index is 16.2. The summed E-state index contributed by atoms with van der Waals surface area (Å²) in [5.41, 5.74) is 7.23. The van der Waals surface area contributed by atoms with Crippen molar-refractivity contribution in [3.05, 3.63) is 92.2 Å². The summed E-state index contributed by atoms with van der Waals surface area (Å²) >= 11 is 0. The molecule has 8 atom stereocenters. The van der Waals surface area contributed by atoms with Crippen molar-refractivity contribution in [1.82, 2.24) is 10.6 Å². The van der Waals surface area contributed by atoms with E-state index >= 15 is 9.59 Å². The second-order valence-corrected chi connectivity index (χ2v) is 29.2. The fourth-order valence-corrected chi connectivity index (χ4v) is 25.6. The Kier molecular flexibility index (Phi) is 6.44. The molecular weight excluding hydrogens is 985 g/mol. The lowest BCUT2D eigenvalue weighted by atomic mass is 9.53. The van der Waals surface area contributed by atoms with Crippen LogP contribution in [0.2, 0.25) is 0 Å². The van der Waals surface area contributed by atoms with Crippen molar-refractivity contribution in [2.45, 2.75) is 117 Å². The maximum atomic E-state index is 16.2. The van der Waals surface area contributed by atoms with Gasteiger partial charge in [0.15, 0.2) is 5.41 Å². The Morgan fingerprint density at radius 3 is 1.66 bits per heavy atom. The normalized spacial score (nSPS) is 41.5. The van der Waals surface area contributed by atoms with Crippen LogP contribution in [0.25, 0.3) is 88.4 Å². The van der Waals surface area contributed by atoms with E-state index in [9.17, 15) is 9.59 Å². The molecule has 8 bridgehead atoms. The Labute approximate surface area is 453 Å². The number of hydrogen-bond acceptors (Lipinski definition) is 8. The molecule has 8 unspecified atom stereocenters. The molecule has 0 saturated heterocycles. The molecule has 390 valence electrons. The second-order valence-electron chi connectivity index (χ2n) is 29.2. The van der Waals surface area contributed by atoms with Gasteiger partial charge >= 0.3 is 24.1 Å². The number of ether oxygens (including phenoxy) is 4. The fraction of sp³-hybridized carbons (Fsp3) is 0.478. The molecule has 25 rings (SSSR count). The quantitative estimate of drug-likeness (QED) is 0.0346. The molecular formula is C69H56N2O8. The number of hydrogen-bond donors (Lipinski definition) is 2. The topological polar surface area (TPSA) is 129 Å². The van der Waals surface area contributed by atoms with Crippen LogP contribution < -0.4 is 15.9 Å². The predicted octanol–water partition coefficient (Wildman–Crippen LogP) is 11.6. The molecule has 0 aromatic heterocycles. The fourth-order valence-electron chi connectivity index (χ4n) is 25.6. The molecule has 18 aliphatic rings. The first-order chi connectivity index (χ1) is 38.6. The Bertz CT molecular complexity index is 4370. The van der Waals surface area contributed by atoms with Crippen LogP contribution in [0.15, 0.2) is 42.5 Å². The van der Waals surface area contributed by atoms with Gasteiger partial charge in [0.05, 0.1) is 10.8 Å². The van der Waals surface area contributed by atoms with Gasteiger partial charge < -0.3 is 29.6 Å². The van der Waals surface area contributed by atoms with Gasteiger partial charge in [-0.15, -0.1) is 0 Å². The lowest BCUT2D eigenvalue weighted by Crippen LogP contribution is -2.60. The number of carbonyl (C=O) groups excluding carboxylic acids is 4. The molecule has 18 aliphatic carbocycles. The average molecular weight is 1040 g/mol. The van der Waals surface area contributed by atoms with Gasteiger partial charge in [0.25, 0.3) is 0 Å². The highest BCUT2D eigenvalue weighted by Crippen LogP contribution is 2.89. The lowest BCUT2D eigenvalue weighted by Gasteiger charge is -2.56. The number of esters is 2. The van der Waals surface area contributed by atoms with Crippen LogP contribution in [0.3, 0.4) is 0 Å². The van der Waals surface area contributed by atoms with Crippen molar-refractivity contribution in [2.75, 3.05) is 26.4 Å². The van der Waals surface area contributed by atoms with Crippen molar-refractivity contribution in [3.8, 4) is 0 Å². The Hall–Kier alpha value is -6.68. The first-order valence-corrected chi connectivity index (χ1v) is 30.6. The first-order valence-electron chi connectivity index (χ1n) is 30.6. The standard InChI is InChI=1S/C69H56N2O8/c72-61(76-11-13-78-63(74)70-65-21-27-15-28(22-65)17-29(16-27)23-65)69(62(73)77-12-14-79-64(75)71-66-24-30-18-31(25-66)20-32(19-30)26-66)67-9-7-39-37-5-3-35-33-1-2-34-36-4-6-38-40-8-10-68(67,69)60-48(40)52-46(38)44(36)50-42(34)41(33)49-43(35)45(37)51-47(39)59(67)58(60)57-55(51)53(49)54(50)56(52)57/h1-10,27-35,41-43H,11-26H2,(H,70,74)(H,71,75). The number of carbonyl (C=O) groups is 4. The Balaban J connectivity index is 0.688. The number of alkyl carbamates (subject to hydrolysis) is 2. The average Bonchev–Trinajstić information content (AvgIpc) is 1.40. The minimum absolute atomic E-state index is 0.146. The molecule has 79 heavy (non-hydrogen) atoms. The van der Waals surface area contributed by atoms with Crippen molar-refractivity contribution < 1.29 is 38.1 Å². The molecule has 2 spiro atoms. The van der Waals surface area contributed by atoms with Gasteiger partial charge in [-0.1, -0.05) is 60.7 Å². The number of allylic oxidation sites excluding steroid dienone is 5. The van der Waals surface area contributed by atoms with Crippen LogP contribution in [0, 0.1) is 58.7 Å². The minimum Gasteiger partial charge on any atom is -0.461 e. The van der Waals surface area contributed by atoms with Crippen LogP contribution >= 0.6 is 0 Å². The monoisotopic (exact) mass is 1040 g/mol. The SMILES string of the molecule is O=C(NC12CC3CC(CC(C3)C1)C2)OCCOC(=O)C1(C(=O)OCCOC(=O)NC23CC4CC(CC(C4)C2)C3)C23C=Cc4c5c6c7c4c2c2c4c8c(c9ccc%10c%11c%12c%13c(c7c2c%13c8c9%11)=C2C6C(C=C5)C5C=CC%10C%12C25)C=CC413. The van der Waals surface area contributed by atoms with E-state index in [2.05, 4.69) is 71.4 Å². The lowest BCUT2D eigenvalue weighted by molar-refractivity contribution is -0.167. The van der Waals surface area contributed by atoms with Crippen LogP contribution in [0.1, 0.15) is 139 Å². The largest absolute Gasteiger partial charge is 0.461 e. The van der Waals surface area contributed by atoms with E-state index in [4.69, 9.17) is 18.9 Å². The summed E-state index contributed by atoms with van der Waals surface area (Å²) in [6, 6.07) is 4.82. The third-order valence-electron chi connectivity index (χ3n) is 26.3. The molecule has 10 saturated carbocycles. The molecule has 2 amide bonds. The Morgan fingerprint density at radius 1 is 0.481 bits per heavy atom. The summed E-state index contributed by atoms with van der Waals surface area (Å²) in [5.74, 6) is 4.82. The van der Waals surface area contributed by atoms with Crippen LogP contribution in [-0.2, 0) is 39.4 Å². The van der Waals surface area contributed by atoms with Gasteiger partial charge in [0.2, 0.25) is 0 Å². The zero-order valence-electron chi connectivity index (χ0n) is 43.8. The van der Waals surface area contributed by atoms with Crippen molar-refractivity contribution in [3.63, 3.8) is 0 Å². The van der Waals surface area contributed by atoms with Crippen molar-refractivity contribution in [1.29, 1.82) is 0 Å². The number of fused-ring (bicyclic) bond motifs is 4. The van der Waals surface area contributed by atoms with E-state index in [1.807, 2.05) is 0 Å². The predicted molar refractivity (Wildman–Crippen MR) is 297 cm³/mol. The molecule has 2 N–H and O–H groups in total. The summed E-state index contributed by atoms with van der Waals surface area (Å²) in [5, 5.41) is 24.0.